The Morgan fingerprint density at radius 3 is 3.28 bits per heavy atom. The quantitative estimate of drug-likeness (QED) is 0.595. The monoisotopic (exact) mass is 236 g/mol. The highest BCUT2D eigenvalue weighted by Crippen LogP contribution is 2.00. The number of nitrogens with one attached hydrogen (secondary N) is 1. The van der Waals surface area contributed by atoms with Crippen molar-refractivity contribution in [1.29, 1.82) is 0 Å². The Morgan fingerprint density at radius 2 is 2.28 bits per heavy atom. The SMILES string of the molecule is C1=Nc2nc(=C3CN=c4cc[nH]c4=N3)cnc2=C1. The largest absolute Gasteiger partial charge is 0.345 e. The molecule has 2 aromatic heterocycles. The van der Waals surface area contributed by atoms with E-state index in [4.69, 9.17) is 0 Å². The van der Waals surface area contributed by atoms with E-state index in [1.807, 2.05) is 18.3 Å². The molecule has 18 heavy (non-hydrogen) atoms. The van der Waals surface area contributed by atoms with Crippen LogP contribution in [0.25, 0.3) is 11.8 Å². The average molecular weight is 236 g/mol. The minimum atomic E-state index is 0.520. The number of aromatic nitrogens is 3. The molecule has 6 nitrogen and oxygen atoms in total. The number of nitrogens with zero attached hydrogens (tertiary/aromatic N) is 5. The lowest BCUT2D eigenvalue weighted by atomic mass is 10.3. The van der Waals surface area contributed by atoms with E-state index in [2.05, 4.69) is 29.9 Å². The van der Waals surface area contributed by atoms with Crippen LogP contribution in [0.3, 0.4) is 0 Å². The maximum Gasteiger partial charge on any atom is 0.178 e. The highest BCUT2D eigenvalue weighted by atomic mass is 15.0. The van der Waals surface area contributed by atoms with Crippen LogP contribution in [0.2, 0.25) is 0 Å². The summed E-state index contributed by atoms with van der Waals surface area (Å²) in [5.74, 6) is 0.646. The van der Waals surface area contributed by atoms with E-state index in [0.29, 0.717) is 12.4 Å². The molecule has 6 heteroatoms. The van der Waals surface area contributed by atoms with Crippen LogP contribution < -0.4 is 21.5 Å². The van der Waals surface area contributed by atoms with Crippen LogP contribution in [-0.4, -0.2) is 27.7 Å². The van der Waals surface area contributed by atoms with Crippen LogP contribution in [0.4, 0.5) is 5.82 Å². The minimum Gasteiger partial charge on any atom is -0.345 e. The lowest BCUT2D eigenvalue weighted by molar-refractivity contribution is 0.989. The summed E-state index contributed by atoms with van der Waals surface area (Å²) in [7, 11) is 0. The second-order valence-electron chi connectivity index (χ2n) is 4.00. The van der Waals surface area contributed by atoms with Crippen molar-refractivity contribution in [1.82, 2.24) is 15.0 Å². The molecule has 0 fully saturated rings. The lowest BCUT2D eigenvalue weighted by Crippen LogP contribution is -2.30. The highest BCUT2D eigenvalue weighted by molar-refractivity contribution is 5.95. The Morgan fingerprint density at radius 1 is 1.28 bits per heavy atom. The maximum atomic E-state index is 4.50. The summed E-state index contributed by atoms with van der Waals surface area (Å²) >= 11 is 0. The number of hydrogen-bond donors (Lipinski definition) is 1. The molecule has 0 spiro atoms. The van der Waals surface area contributed by atoms with Crippen molar-refractivity contribution in [2.75, 3.05) is 6.54 Å². The van der Waals surface area contributed by atoms with Crippen LogP contribution in [0.1, 0.15) is 0 Å². The predicted octanol–water partition coefficient (Wildman–Crippen LogP) is -1.64. The Labute approximate surface area is 101 Å². The molecule has 0 atom stereocenters. The molecule has 4 heterocycles. The molecule has 86 valence electrons. The van der Waals surface area contributed by atoms with Crippen molar-refractivity contribution in [2.45, 2.75) is 0 Å². The van der Waals surface area contributed by atoms with E-state index >= 15 is 0 Å². The van der Waals surface area contributed by atoms with Gasteiger partial charge in [0.15, 0.2) is 11.3 Å². The van der Waals surface area contributed by atoms with Gasteiger partial charge >= 0.3 is 0 Å². The third-order valence-electron chi connectivity index (χ3n) is 2.86. The molecule has 0 saturated carbocycles. The molecule has 0 bridgehead atoms. The van der Waals surface area contributed by atoms with Crippen molar-refractivity contribution in [3.63, 3.8) is 0 Å². The fourth-order valence-corrected chi connectivity index (χ4v) is 1.96. The molecular weight excluding hydrogens is 228 g/mol. The Bertz CT molecular complexity index is 903. The van der Waals surface area contributed by atoms with Gasteiger partial charge in [-0.25, -0.2) is 15.0 Å². The van der Waals surface area contributed by atoms with Gasteiger partial charge in [-0.3, -0.25) is 9.98 Å². The van der Waals surface area contributed by atoms with Crippen molar-refractivity contribution in [3.8, 4) is 0 Å². The second-order valence-corrected chi connectivity index (χ2v) is 4.00. The summed E-state index contributed by atoms with van der Waals surface area (Å²) < 4.78 is 0. The molecule has 1 N–H and O–H groups in total. The van der Waals surface area contributed by atoms with Gasteiger partial charge in [0.25, 0.3) is 0 Å². The summed E-state index contributed by atoms with van der Waals surface area (Å²) in [6.07, 6.45) is 7.08. The summed E-state index contributed by atoms with van der Waals surface area (Å²) in [5, 5.41) is 2.41. The van der Waals surface area contributed by atoms with Crippen LogP contribution in [-0.2, 0) is 0 Å². The number of hydrogen-bond acceptors (Lipinski definition) is 5. The second kappa shape index (κ2) is 3.43. The standard InChI is InChI=1S/C12H8N6/c1-3-13-11-7(1)15-5-9(17-11)10-6-16-8-2-4-14-12(8)18-10/h1-5H,6H2,(H,14,18). The first-order chi connectivity index (χ1) is 8.90. The van der Waals surface area contributed by atoms with E-state index < -0.39 is 0 Å². The number of aliphatic imine (C=N–C) groups is 1. The first kappa shape index (κ1) is 9.41. The van der Waals surface area contributed by atoms with Gasteiger partial charge in [0.05, 0.1) is 18.4 Å². The van der Waals surface area contributed by atoms with Gasteiger partial charge < -0.3 is 4.98 Å². The Balaban J connectivity index is 2.01. The first-order valence-corrected chi connectivity index (χ1v) is 5.57. The highest BCUT2D eigenvalue weighted by Gasteiger charge is 2.06. The number of fused-ring (bicyclic) bond motifs is 2. The molecule has 2 aliphatic rings. The Hall–Kier alpha value is -2.63. The van der Waals surface area contributed by atoms with E-state index in [9.17, 15) is 0 Å². The third-order valence-corrected chi connectivity index (χ3v) is 2.86. The molecule has 0 radical (unpaired) electrons. The minimum absolute atomic E-state index is 0.520. The van der Waals surface area contributed by atoms with Crippen LogP contribution in [0, 0.1) is 0 Å². The zero-order chi connectivity index (χ0) is 11.9. The normalized spacial score (nSPS) is 18.4. The molecule has 0 unspecified atom stereocenters. The summed E-state index contributed by atoms with van der Waals surface area (Å²) in [6, 6.07) is 1.91. The summed E-state index contributed by atoms with van der Waals surface area (Å²) in [5.41, 5.74) is 1.58. The smallest absolute Gasteiger partial charge is 0.178 e. The van der Waals surface area contributed by atoms with Crippen molar-refractivity contribution in [2.24, 2.45) is 15.0 Å². The zero-order valence-electron chi connectivity index (χ0n) is 9.33. The van der Waals surface area contributed by atoms with Gasteiger partial charge in [-0.05, 0) is 12.1 Å². The molecule has 4 rings (SSSR count). The fraction of sp³-hybridized carbons (Fsp3) is 0.0833. The topological polar surface area (TPSA) is 78.6 Å². The maximum absolute atomic E-state index is 4.50. The molecule has 0 amide bonds. The van der Waals surface area contributed by atoms with Crippen LogP contribution >= 0.6 is 0 Å². The molecule has 0 aliphatic carbocycles. The molecular formula is C12H8N6. The van der Waals surface area contributed by atoms with Crippen LogP contribution in [0.15, 0.2) is 33.4 Å². The fourth-order valence-electron chi connectivity index (χ4n) is 1.96. The van der Waals surface area contributed by atoms with E-state index in [0.717, 1.165) is 27.2 Å². The van der Waals surface area contributed by atoms with E-state index in [1.54, 1.807) is 12.4 Å². The van der Waals surface area contributed by atoms with Gasteiger partial charge in [0.2, 0.25) is 0 Å². The van der Waals surface area contributed by atoms with Gasteiger partial charge in [-0.1, -0.05) is 0 Å². The number of rotatable bonds is 0. The zero-order valence-corrected chi connectivity index (χ0v) is 9.33. The predicted molar refractivity (Wildman–Crippen MR) is 65.3 cm³/mol. The first-order valence-electron chi connectivity index (χ1n) is 5.57. The number of aromatic amines is 1. The molecule has 2 aromatic rings. The van der Waals surface area contributed by atoms with Gasteiger partial charge in [-0.2, -0.15) is 0 Å². The van der Waals surface area contributed by atoms with Crippen molar-refractivity contribution >= 4 is 23.8 Å². The van der Waals surface area contributed by atoms with E-state index in [-0.39, 0.29) is 0 Å². The molecule has 0 saturated heterocycles. The molecule has 2 aliphatic heterocycles. The average Bonchev–Trinajstić information content (AvgIpc) is 3.05. The number of H-pyrrole nitrogens is 1. The summed E-state index contributed by atoms with van der Waals surface area (Å²) in [4.78, 5) is 24.9. The Kier molecular flexibility index (Phi) is 1.79. The molecule has 0 aromatic carbocycles. The lowest BCUT2D eigenvalue weighted by Gasteiger charge is -2.00. The summed E-state index contributed by atoms with van der Waals surface area (Å²) in [6.45, 7) is 0.520. The third kappa shape index (κ3) is 1.32. The van der Waals surface area contributed by atoms with Gasteiger partial charge in [0, 0.05) is 12.4 Å². The van der Waals surface area contributed by atoms with Crippen molar-refractivity contribution < 1.29 is 0 Å². The van der Waals surface area contributed by atoms with Crippen molar-refractivity contribution in [3.05, 3.63) is 40.0 Å². The van der Waals surface area contributed by atoms with E-state index in [1.165, 1.54) is 0 Å². The van der Waals surface area contributed by atoms with Crippen LogP contribution in [0.5, 0.6) is 0 Å². The van der Waals surface area contributed by atoms with Gasteiger partial charge in [0.1, 0.15) is 16.1 Å². The van der Waals surface area contributed by atoms with Gasteiger partial charge in [-0.15, -0.1) is 0 Å².